The molecule has 94 valence electrons. The van der Waals surface area contributed by atoms with E-state index in [0.29, 0.717) is 6.42 Å². The van der Waals surface area contributed by atoms with Gasteiger partial charge in [0.1, 0.15) is 5.82 Å². The average Bonchev–Trinajstić information content (AvgIpc) is 2.34. The summed E-state index contributed by atoms with van der Waals surface area (Å²) in [6.45, 7) is 1.96. The van der Waals surface area contributed by atoms with Crippen LogP contribution in [0.1, 0.15) is 22.9 Å². The molecule has 2 aromatic rings. The first kappa shape index (κ1) is 13.0. The molecule has 0 fully saturated rings. The third kappa shape index (κ3) is 2.86. The van der Waals surface area contributed by atoms with Crippen LogP contribution in [-0.2, 0) is 6.42 Å². The SMILES string of the molecule is Cc1cccnc1C(N)Cc1ccc(Cl)c(F)c1. The molecule has 0 aliphatic rings. The Balaban J connectivity index is 2.19. The Morgan fingerprint density at radius 2 is 2.17 bits per heavy atom. The molecule has 0 saturated heterocycles. The number of aryl methyl sites for hydroxylation is 1. The molecule has 2 N–H and O–H groups in total. The maximum atomic E-state index is 13.3. The van der Waals surface area contributed by atoms with Gasteiger partial charge in [-0.15, -0.1) is 0 Å². The van der Waals surface area contributed by atoms with E-state index in [-0.39, 0.29) is 11.1 Å². The van der Waals surface area contributed by atoms with Crippen molar-refractivity contribution in [2.45, 2.75) is 19.4 Å². The smallest absolute Gasteiger partial charge is 0.142 e. The van der Waals surface area contributed by atoms with E-state index in [4.69, 9.17) is 17.3 Å². The minimum Gasteiger partial charge on any atom is -0.322 e. The van der Waals surface area contributed by atoms with Crippen LogP contribution in [0.3, 0.4) is 0 Å². The highest BCUT2D eigenvalue weighted by Crippen LogP contribution is 2.20. The molecule has 0 aliphatic carbocycles. The lowest BCUT2D eigenvalue weighted by molar-refractivity contribution is 0.621. The quantitative estimate of drug-likeness (QED) is 0.923. The molecule has 18 heavy (non-hydrogen) atoms. The molecule has 0 aliphatic heterocycles. The first-order chi connectivity index (χ1) is 8.58. The van der Waals surface area contributed by atoms with E-state index in [0.717, 1.165) is 16.8 Å². The van der Waals surface area contributed by atoms with Crippen LogP contribution in [0, 0.1) is 12.7 Å². The van der Waals surface area contributed by atoms with Gasteiger partial charge in [-0.1, -0.05) is 23.7 Å². The van der Waals surface area contributed by atoms with Crippen LogP contribution in [0.15, 0.2) is 36.5 Å². The normalized spacial score (nSPS) is 12.4. The molecular formula is C14H14ClFN2. The number of aromatic nitrogens is 1. The summed E-state index contributed by atoms with van der Waals surface area (Å²) in [7, 11) is 0. The third-order valence-corrected chi connectivity index (χ3v) is 3.15. The van der Waals surface area contributed by atoms with Crippen molar-refractivity contribution in [3.63, 3.8) is 0 Å². The van der Waals surface area contributed by atoms with Gasteiger partial charge >= 0.3 is 0 Å². The lowest BCUT2D eigenvalue weighted by atomic mass is 10.0. The second-order valence-electron chi connectivity index (χ2n) is 4.26. The number of hydrogen-bond acceptors (Lipinski definition) is 2. The molecule has 2 rings (SSSR count). The number of nitrogens with two attached hydrogens (primary N) is 1. The predicted molar refractivity (Wildman–Crippen MR) is 71.0 cm³/mol. The Morgan fingerprint density at radius 1 is 1.39 bits per heavy atom. The summed E-state index contributed by atoms with van der Waals surface area (Å²) in [5.74, 6) is -0.417. The minimum absolute atomic E-state index is 0.126. The lowest BCUT2D eigenvalue weighted by Crippen LogP contribution is -2.16. The Hall–Kier alpha value is -1.45. The number of halogens is 2. The van der Waals surface area contributed by atoms with Crippen LogP contribution in [0.25, 0.3) is 0 Å². The Bertz CT molecular complexity index is 557. The molecule has 0 radical (unpaired) electrons. The number of pyridine rings is 1. The molecule has 0 bridgehead atoms. The summed E-state index contributed by atoms with van der Waals surface area (Å²) in [5.41, 5.74) is 8.79. The summed E-state index contributed by atoms with van der Waals surface area (Å²) < 4.78 is 13.3. The summed E-state index contributed by atoms with van der Waals surface area (Å²) in [5, 5.41) is 0.126. The van der Waals surface area contributed by atoms with Gasteiger partial charge in [0.15, 0.2) is 0 Å². The van der Waals surface area contributed by atoms with Gasteiger partial charge < -0.3 is 5.73 Å². The third-order valence-electron chi connectivity index (χ3n) is 2.84. The van der Waals surface area contributed by atoms with Crippen LogP contribution in [-0.4, -0.2) is 4.98 Å². The standard InChI is InChI=1S/C14H14ClFN2/c1-9-3-2-6-18-14(9)13(17)8-10-4-5-11(15)12(16)7-10/h2-7,13H,8,17H2,1H3. The van der Waals surface area contributed by atoms with Crippen molar-refractivity contribution in [3.05, 3.63) is 64.2 Å². The van der Waals surface area contributed by atoms with Crippen molar-refractivity contribution in [2.75, 3.05) is 0 Å². The van der Waals surface area contributed by atoms with Gasteiger partial charge in [0.2, 0.25) is 0 Å². The summed E-state index contributed by atoms with van der Waals surface area (Å²) in [4.78, 5) is 4.27. The molecule has 1 unspecified atom stereocenters. The fraction of sp³-hybridized carbons (Fsp3) is 0.214. The van der Waals surface area contributed by atoms with Crippen molar-refractivity contribution in [1.82, 2.24) is 4.98 Å². The van der Waals surface area contributed by atoms with Crippen molar-refractivity contribution >= 4 is 11.6 Å². The van der Waals surface area contributed by atoms with E-state index < -0.39 is 5.82 Å². The number of benzene rings is 1. The average molecular weight is 265 g/mol. The fourth-order valence-electron chi connectivity index (χ4n) is 1.90. The fourth-order valence-corrected chi connectivity index (χ4v) is 2.02. The van der Waals surface area contributed by atoms with E-state index in [9.17, 15) is 4.39 Å². The molecule has 0 saturated carbocycles. The zero-order chi connectivity index (χ0) is 13.1. The molecule has 1 aromatic heterocycles. The summed E-state index contributed by atoms with van der Waals surface area (Å²) in [6.07, 6.45) is 2.25. The monoisotopic (exact) mass is 264 g/mol. The topological polar surface area (TPSA) is 38.9 Å². The maximum absolute atomic E-state index is 13.3. The van der Waals surface area contributed by atoms with E-state index in [1.165, 1.54) is 6.07 Å². The van der Waals surface area contributed by atoms with Gasteiger partial charge in [0.05, 0.1) is 16.8 Å². The molecule has 1 atom stereocenters. The molecule has 1 aromatic carbocycles. The van der Waals surface area contributed by atoms with Crippen molar-refractivity contribution in [3.8, 4) is 0 Å². The first-order valence-electron chi connectivity index (χ1n) is 5.69. The minimum atomic E-state index is -0.417. The van der Waals surface area contributed by atoms with Gasteiger partial charge in [-0.3, -0.25) is 4.98 Å². The van der Waals surface area contributed by atoms with Crippen LogP contribution in [0.4, 0.5) is 4.39 Å². The zero-order valence-electron chi connectivity index (χ0n) is 10.0. The first-order valence-corrected chi connectivity index (χ1v) is 6.06. The van der Waals surface area contributed by atoms with Gasteiger partial charge in [-0.2, -0.15) is 0 Å². The van der Waals surface area contributed by atoms with Gasteiger partial charge in [-0.05, 0) is 42.7 Å². The second-order valence-corrected chi connectivity index (χ2v) is 4.67. The number of nitrogens with zero attached hydrogens (tertiary/aromatic N) is 1. The van der Waals surface area contributed by atoms with E-state index >= 15 is 0 Å². The van der Waals surface area contributed by atoms with Crippen LogP contribution in [0.2, 0.25) is 5.02 Å². The zero-order valence-corrected chi connectivity index (χ0v) is 10.8. The molecular weight excluding hydrogens is 251 g/mol. The molecule has 1 heterocycles. The van der Waals surface area contributed by atoms with Crippen molar-refractivity contribution in [1.29, 1.82) is 0 Å². The van der Waals surface area contributed by atoms with Gasteiger partial charge in [0.25, 0.3) is 0 Å². The Labute approximate surface area is 111 Å². The molecule has 4 heteroatoms. The predicted octanol–water partition coefficient (Wildman–Crippen LogP) is 3.43. The van der Waals surface area contributed by atoms with Crippen molar-refractivity contribution < 1.29 is 4.39 Å². The second kappa shape index (κ2) is 5.46. The maximum Gasteiger partial charge on any atom is 0.142 e. The van der Waals surface area contributed by atoms with Crippen LogP contribution in [0.5, 0.6) is 0 Å². The Kier molecular flexibility index (Phi) is 3.94. The highest BCUT2D eigenvalue weighted by atomic mass is 35.5. The number of hydrogen-bond donors (Lipinski definition) is 1. The van der Waals surface area contributed by atoms with Crippen molar-refractivity contribution in [2.24, 2.45) is 5.73 Å². The highest BCUT2D eigenvalue weighted by molar-refractivity contribution is 6.30. The molecule has 0 spiro atoms. The van der Waals surface area contributed by atoms with Gasteiger partial charge in [-0.25, -0.2) is 4.39 Å². The largest absolute Gasteiger partial charge is 0.322 e. The van der Waals surface area contributed by atoms with E-state index in [1.54, 1.807) is 18.3 Å². The summed E-state index contributed by atoms with van der Waals surface area (Å²) >= 11 is 5.64. The van der Waals surface area contributed by atoms with Crippen LogP contribution < -0.4 is 5.73 Å². The van der Waals surface area contributed by atoms with Gasteiger partial charge in [0, 0.05) is 6.20 Å². The lowest BCUT2D eigenvalue weighted by Gasteiger charge is -2.13. The summed E-state index contributed by atoms with van der Waals surface area (Å²) in [6, 6.07) is 8.33. The van der Waals surface area contributed by atoms with E-state index in [2.05, 4.69) is 4.98 Å². The Morgan fingerprint density at radius 3 is 2.83 bits per heavy atom. The highest BCUT2D eigenvalue weighted by Gasteiger charge is 2.12. The molecule has 0 amide bonds. The number of rotatable bonds is 3. The van der Waals surface area contributed by atoms with Crippen LogP contribution >= 0.6 is 11.6 Å². The molecule has 2 nitrogen and oxygen atoms in total. The van der Waals surface area contributed by atoms with E-state index in [1.807, 2.05) is 19.1 Å².